The molecule has 0 saturated heterocycles. The Morgan fingerprint density at radius 1 is 0.350 bits per heavy atom. The Morgan fingerprint density at radius 2 is 0.700 bits per heavy atom. The summed E-state index contributed by atoms with van der Waals surface area (Å²) in [5.74, 6) is -1.03. The number of hydrogen-bond acceptors (Lipinski definition) is 6. The van der Waals surface area contributed by atoms with Crippen molar-refractivity contribution in [1.29, 1.82) is 0 Å². The second kappa shape index (κ2) is 47.5. The molecule has 0 amide bonds. The van der Waals surface area contributed by atoms with E-state index in [2.05, 4.69) is 51.2 Å². The van der Waals surface area contributed by atoms with Crippen molar-refractivity contribution in [3.63, 3.8) is 0 Å². The molecule has 0 aliphatic rings. The molecule has 0 heterocycles. The van der Waals surface area contributed by atoms with Gasteiger partial charge in [-0.15, -0.1) is 0 Å². The van der Waals surface area contributed by atoms with Crippen LogP contribution in [0.15, 0.2) is 122 Å². The van der Waals surface area contributed by atoms with Gasteiger partial charge in [0.25, 0.3) is 0 Å². The van der Waals surface area contributed by atoms with Crippen LogP contribution in [0.4, 0.5) is 0 Å². The van der Waals surface area contributed by atoms with Gasteiger partial charge in [0, 0.05) is 19.3 Å². The van der Waals surface area contributed by atoms with Crippen molar-refractivity contribution in [2.45, 2.75) is 187 Å². The van der Waals surface area contributed by atoms with E-state index in [1.165, 1.54) is 57.8 Å². The number of unbranched alkanes of at least 4 members (excludes halogenated alkanes) is 17. The van der Waals surface area contributed by atoms with Crippen LogP contribution in [0.1, 0.15) is 181 Å². The standard InChI is InChI=1S/C54H84O6/c1-4-7-10-13-16-19-22-24-25-26-27-28-30-32-35-38-41-44-47-53(56)59-50-51(49-58-52(55)46-43-40-37-34-31-21-18-15-12-9-6-3)60-54(57)48-45-42-39-36-33-29-23-20-17-14-11-8-5-2/h8,10-11,13-14,16-17,19-20,22-29,33,36,39,51H,4-7,9,12,15,18,21,30-32,34-35,37-38,40-50H2,1-3H3/b11-8-,13-10-,17-14-,19-16-,23-20-,24-22-,26-25-,28-27-,33-29-,39-36-. The molecule has 0 spiro atoms. The van der Waals surface area contributed by atoms with Gasteiger partial charge in [0.2, 0.25) is 0 Å². The zero-order valence-electron chi connectivity index (χ0n) is 38.2. The highest BCUT2D eigenvalue weighted by atomic mass is 16.6. The predicted molar refractivity (Wildman–Crippen MR) is 256 cm³/mol. The zero-order chi connectivity index (χ0) is 43.7. The molecular formula is C54H84O6. The van der Waals surface area contributed by atoms with Crippen LogP contribution in [0, 0.1) is 0 Å². The Labute approximate surface area is 367 Å². The quantitative estimate of drug-likeness (QED) is 0.0265. The number of carbonyl (C=O) groups excluding carboxylic acids is 3. The molecule has 0 radical (unpaired) electrons. The molecule has 0 aromatic carbocycles. The molecule has 0 rings (SSSR count). The molecule has 1 atom stereocenters. The third-order valence-corrected chi connectivity index (χ3v) is 9.44. The van der Waals surface area contributed by atoms with Crippen LogP contribution >= 0.6 is 0 Å². The van der Waals surface area contributed by atoms with Crippen molar-refractivity contribution >= 4 is 17.9 Å². The first-order valence-electron chi connectivity index (χ1n) is 23.7. The fraction of sp³-hybridized carbons (Fsp3) is 0.574. The Balaban J connectivity index is 4.55. The molecule has 0 aromatic heterocycles. The highest BCUT2D eigenvalue weighted by Crippen LogP contribution is 2.13. The zero-order valence-corrected chi connectivity index (χ0v) is 38.2. The van der Waals surface area contributed by atoms with Gasteiger partial charge in [-0.05, 0) is 51.4 Å². The lowest BCUT2D eigenvalue weighted by molar-refractivity contribution is -0.167. The first-order valence-corrected chi connectivity index (χ1v) is 23.7. The van der Waals surface area contributed by atoms with Crippen LogP contribution in [0.25, 0.3) is 0 Å². The van der Waals surface area contributed by atoms with Gasteiger partial charge >= 0.3 is 17.9 Å². The maximum atomic E-state index is 12.7. The van der Waals surface area contributed by atoms with Gasteiger partial charge in [0.15, 0.2) is 6.10 Å². The largest absolute Gasteiger partial charge is 0.462 e. The number of esters is 3. The summed E-state index contributed by atoms with van der Waals surface area (Å²) in [4.78, 5) is 37.8. The summed E-state index contributed by atoms with van der Waals surface area (Å²) >= 11 is 0. The van der Waals surface area contributed by atoms with Crippen LogP contribution < -0.4 is 0 Å². The van der Waals surface area contributed by atoms with Crippen molar-refractivity contribution in [3.05, 3.63) is 122 Å². The van der Waals surface area contributed by atoms with Crippen molar-refractivity contribution in [1.82, 2.24) is 0 Å². The lowest BCUT2D eigenvalue weighted by atomic mass is 10.1. The summed E-state index contributed by atoms with van der Waals surface area (Å²) in [5.41, 5.74) is 0. The van der Waals surface area contributed by atoms with Crippen molar-refractivity contribution < 1.29 is 28.6 Å². The molecule has 0 aliphatic heterocycles. The number of ether oxygens (including phenoxy) is 3. The highest BCUT2D eigenvalue weighted by molar-refractivity contribution is 5.71. The van der Waals surface area contributed by atoms with Gasteiger partial charge in [-0.25, -0.2) is 0 Å². The minimum absolute atomic E-state index is 0.118. The van der Waals surface area contributed by atoms with Crippen LogP contribution in [0.2, 0.25) is 0 Å². The second-order valence-corrected chi connectivity index (χ2v) is 15.2. The number of hydrogen-bond donors (Lipinski definition) is 0. The van der Waals surface area contributed by atoms with Crippen LogP contribution in [-0.4, -0.2) is 37.2 Å². The Kier molecular flexibility index (Phi) is 44.2. The highest BCUT2D eigenvalue weighted by Gasteiger charge is 2.19. The van der Waals surface area contributed by atoms with Gasteiger partial charge in [0.1, 0.15) is 13.2 Å². The van der Waals surface area contributed by atoms with Crippen LogP contribution in [-0.2, 0) is 28.6 Å². The fourth-order valence-electron chi connectivity index (χ4n) is 5.91. The van der Waals surface area contributed by atoms with Gasteiger partial charge in [-0.2, -0.15) is 0 Å². The van der Waals surface area contributed by atoms with Gasteiger partial charge in [-0.1, -0.05) is 232 Å². The van der Waals surface area contributed by atoms with E-state index in [4.69, 9.17) is 14.2 Å². The number of rotatable bonds is 40. The molecular weight excluding hydrogens is 745 g/mol. The average Bonchev–Trinajstić information content (AvgIpc) is 3.24. The summed E-state index contributed by atoms with van der Waals surface area (Å²) in [5, 5.41) is 0. The summed E-state index contributed by atoms with van der Waals surface area (Å²) < 4.78 is 16.6. The molecule has 0 aliphatic carbocycles. The lowest BCUT2D eigenvalue weighted by Gasteiger charge is -2.18. The van der Waals surface area contributed by atoms with Crippen molar-refractivity contribution in [2.75, 3.05) is 13.2 Å². The lowest BCUT2D eigenvalue weighted by Crippen LogP contribution is -2.30. The summed E-state index contributed by atoms with van der Waals surface area (Å²) in [7, 11) is 0. The second-order valence-electron chi connectivity index (χ2n) is 15.2. The Hall–Kier alpha value is -4.19. The van der Waals surface area contributed by atoms with E-state index >= 15 is 0 Å². The Bertz CT molecular complexity index is 1320. The van der Waals surface area contributed by atoms with E-state index < -0.39 is 12.1 Å². The van der Waals surface area contributed by atoms with E-state index in [1.807, 2.05) is 91.1 Å². The first kappa shape index (κ1) is 55.8. The number of allylic oxidation sites excluding steroid dienone is 20. The molecule has 0 bridgehead atoms. The molecule has 6 heteroatoms. The van der Waals surface area contributed by atoms with E-state index in [0.717, 1.165) is 77.0 Å². The monoisotopic (exact) mass is 829 g/mol. The third kappa shape index (κ3) is 44.9. The summed E-state index contributed by atoms with van der Waals surface area (Å²) in [6.07, 6.45) is 64.7. The Morgan fingerprint density at radius 3 is 1.13 bits per heavy atom. The van der Waals surface area contributed by atoms with Gasteiger partial charge in [-0.3, -0.25) is 14.4 Å². The van der Waals surface area contributed by atoms with Crippen LogP contribution in [0.3, 0.4) is 0 Å². The average molecular weight is 829 g/mol. The fourth-order valence-corrected chi connectivity index (χ4v) is 5.91. The minimum Gasteiger partial charge on any atom is -0.462 e. The van der Waals surface area contributed by atoms with E-state index in [9.17, 15) is 14.4 Å². The van der Waals surface area contributed by atoms with Gasteiger partial charge < -0.3 is 14.2 Å². The molecule has 6 nitrogen and oxygen atoms in total. The summed E-state index contributed by atoms with van der Waals surface area (Å²) in [6.45, 7) is 6.28. The maximum Gasteiger partial charge on any atom is 0.306 e. The SMILES string of the molecule is CC\C=C/C=C\C=C/C=C\C=C/CCCC(=O)OC(COC(=O)CCCCCCC\C=C/C=C\C=C/C=C\C=C/CCC)COC(=O)CCCCCCCCCCCCC. The molecule has 0 N–H and O–H groups in total. The normalized spacial score (nSPS) is 13.2. The third-order valence-electron chi connectivity index (χ3n) is 9.44. The smallest absolute Gasteiger partial charge is 0.306 e. The first-order chi connectivity index (χ1) is 29.5. The summed E-state index contributed by atoms with van der Waals surface area (Å²) in [6, 6.07) is 0. The van der Waals surface area contributed by atoms with Crippen molar-refractivity contribution in [2.24, 2.45) is 0 Å². The van der Waals surface area contributed by atoms with Gasteiger partial charge in [0.05, 0.1) is 0 Å². The van der Waals surface area contributed by atoms with Crippen LogP contribution in [0.5, 0.6) is 0 Å². The predicted octanol–water partition coefficient (Wildman–Crippen LogP) is 15.4. The molecule has 1 unspecified atom stereocenters. The molecule has 0 aromatic rings. The van der Waals surface area contributed by atoms with E-state index in [-0.39, 0.29) is 31.6 Å². The maximum absolute atomic E-state index is 12.7. The van der Waals surface area contributed by atoms with Crippen molar-refractivity contribution in [3.8, 4) is 0 Å². The molecule has 60 heavy (non-hydrogen) atoms. The molecule has 0 fully saturated rings. The van der Waals surface area contributed by atoms with E-state index in [1.54, 1.807) is 0 Å². The molecule has 0 saturated carbocycles. The molecule has 336 valence electrons. The minimum atomic E-state index is -0.826. The number of carbonyl (C=O) groups is 3. The topological polar surface area (TPSA) is 78.9 Å². The van der Waals surface area contributed by atoms with E-state index in [0.29, 0.717) is 19.3 Å².